The minimum Gasteiger partial charge on any atom is -0.358 e. The van der Waals surface area contributed by atoms with Gasteiger partial charge in [-0.15, -0.1) is 0 Å². The van der Waals surface area contributed by atoms with E-state index in [4.69, 9.17) is 0 Å². The Morgan fingerprint density at radius 2 is 1.81 bits per heavy atom. The summed E-state index contributed by atoms with van der Waals surface area (Å²) < 4.78 is 2.04. The van der Waals surface area contributed by atoms with Crippen molar-refractivity contribution in [1.29, 1.82) is 0 Å². The van der Waals surface area contributed by atoms with Gasteiger partial charge in [-0.05, 0) is 44.4 Å². The van der Waals surface area contributed by atoms with Gasteiger partial charge in [0.05, 0.1) is 0 Å². The van der Waals surface area contributed by atoms with E-state index >= 15 is 0 Å². The lowest BCUT2D eigenvalue weighted by Gasteiger charge is -2.24. The summed E-state index contributed by atoms with van der Waals surface area (Å²) in [5, 5.41) is 0. The molecule has 26 heavy (non-hydrogen) atoms. The fourth-order valence-electron chi connectivity index (χ4n) is 3.45. The summed E-state index contributed by atoms with van der Waals surface area (Å²) in [6.45, 7) is 10.4. The topological polar surface area (TPSA) is 37.6 Å². The van der Waals surface area contributed by atoms with Crippen molar-refractivity contribution >= 4 is 17.2 Å². The molecule has 0 unspecified atom stereocenters. The molecule has 0 radical (unpaired) electrons. The Kier molecular flexibility index (Phi) is 5.40. The number of anilines is 1. The molecule has 2 heterocycles. The van der Waals surface area contributed by atoms with E-state index < -0.39 is 0 Å². The number of hydrogen-bond acceptors (Lipinski definition) is 3. The fraction of sp³-hybridized carbons (Fsp3) is 0.364. The Hall–Kier alpha value is -2.62. The number of ketones is 1. The van der Waals surface area contributed by atoms with E-state index in [9.17, 15) is 4.79 Å². The highest BCUT2D eigenvalue weighted by atomic mass is 16.1. The molecule has 2 aromatic heterocycles. The highest BCUT2D eigenvalue weighted by Crippen LogP contribution is 2.21. The molecular weight excluding hydrogens is 322 g/mol. The zero-order valence-electron chi connectivity index (χ0n) is 16.1. The lowest BCUT2D eigenvalue weighted by atomic mass is 10.0. The third kappa shape index (κ3) is 3.50. The smallest absolute Gasteiger partial charge is 0.213 e. The molecule has 0 spiro atoms. The number of carbonyl (C=O) groups excluding carboxylic acids is 1. The number of aryl methyl sites for hydroxylation is 2. The van der Waals surface area contributed by atoms with Crippen LogP contribution < -0.4 is 4.90 Å². The predicted octanol–water partition coefficient (Wildman–Crippen LogP) is 4.81. The third-order valence-corrected chi connectivity index (χ3v) is 4.64. The van der Waals surface area contributed by atoms with E-state index in [0.717, 1.165) is 54.1 Å². The molecule has 0 bridgehead atoms. The molecule has 4 nitrogen and oxygen atoms in total. The Morgan fingerprint density at radius 3 is 2.46 bits per heavy atom. The first-order valence-corrected chi connectivity index (χ1v) is 9.40. The van der Waals surface area contributed by atoms with Crippen LogP contribution in [0.1, 0.15) is 53.9 Å². The van der Waals surface area contributed by atoms with Crippen LogP contribution >= 0.6 is 0 Å². The van der Waals surface area contributed by atoms with Gasteiger partial charge in [-0.3, -0.25) is 9.20 Å². The van der Waals surface area contributed by atoms with Gasteiger partial charge in [0.25, 0.3) is 0 Å². The largest absolute Gasteiger partial charge is 0.358 e. The molecule has 136 valence electrons. The van der Waals surface area contributed by atoms with Crippen LogP contribution in [0.25, 0.3) is 5.65 Å². The molecule has 0 N–H and O–H groups in total. The van der Waals surface area contributed by atoms with E-state index in [-0.39, 0.29) is 5.78 Å². The normalized spacial score (nSPS) is 11.1. The van der Waals surface area contributed by atoms with Gasteiger partial charge in [0.1, 0.15) is 17.2 Å². The van der Waals surface area contributed by atoms with E-state index in [1.54, 1.807) is 0 Å². The van der Waals surface area contributed by atoms with Crippen molar-refractivity contribution < 1.29 is 4.79 Å². The number of benzene rings is 1. The van der Waals surface area contributed by atoms with Gasteiger partial charge in [0, 0.05) is 24.8 Å². The first kappa shape index (κ1) is 18.2. The molecule has 0 atom stereocenters. The molecule has 0 aliphatic heterocycles. The standard InChI is InChI=1S/C22H27N3O/c1-5-12-24(13-6-2)21-9-7-8-20-23-19(15-25(20)21)22(26)18-11-10-16(3)14-17(18)4/h7-11,14-15H,5-6,12-13H2,1-4H3. The number of nitrogens with zero attached hydrogens (tertiary/aromatic N) is 3. The van der Waals surface area contributed by atoms with Crippen LogP contribution in [0.5, 0.6) is 0 Å². The van der Waals surface area contributed by atoms with E-state index in [0.29, 0.717) is 5.69 Å². The van der Waals surface area contributed by atoms with Crippen LogP contribution in [0.2, 0.25) is 0 Å². The molecule has 0 saturated heterocycles. The van der Waals surface area contributed by atoms with Crippen LogP contribution in [0.15, 0.2) is 42.6 Å². The van der Waals surface area contributed by atoms with Crippen molar-refractivity contribution in [2.75, 3.05) is 18.0 Å². The van der Waals surface area contributed by atoms with Crippen molar-refractivity contribution in [2.45, 2.75) is 40.5 Å². The second kappa shape index (κ2) is 7.73. The third-order valence-electron chi connectivity index (χ3n) is 4.64. The molecule has 0 aliphatic carbocycles. The van der Waals surface area contributed by atoms with Gasteiger partial charge in [0.15, 0.2) is 0 Å². The second-order valence-corrected chi connectivity index (χ2v) is 6.87. The Morgan fingerprint density at radius 1 is 1.08 bits per heavy atom. The summed E-state index contributed by atoms with van der Waals surface area (Å²) in [6.07, 6.45) is 4.05. The molecule has 3 rings (SSSR count). The maximum atomic E-state index is 13.0. The van der Waals surface area contributed by atoms with Gasteiger partial charge >= 0.3 is 0 Å². The van der Waals surface area contributed by atoms with E-state index in [1.807, 2.05) is 54.8 Å². The molecule has 0 fully saturated rings. The zero-order valence-corrected chi connectivity index (χ0v) is 16.1. The van der Waals surface area contributed by atoms with Crippen molar-refractivity contribution in [1.82, 2.24) is 9.38 Å². The fourth-order valence-corrected chi connectivity index (χ4v) is 3.45. The molecule has 3 aromatic rings. The average molecular weight is 349 g/mol. The first-order chi connectivity index (χ1) is 12.5. The lowest BCUT2D eigenvalue weighted by molar-refractivity contribution is 0.103. The predicted molar refractivity (Wildman–Crippen MR) is 107 cm³/mol. The highest BCUT2D eigenvalue weighted by molar-refractivity contribution is 6.09. The zero-order chi connectivity index (χ0) is 18.7. The van der Waals surface area contributed by atoms with Crippen LogP contribution in [0.4, 0.5) is 5.82 Å². The number of pyridine rings is 1. The Balaban J connectivity index is 2.04. The monoisotopic (exact) mass is 349 g/mol. The molecule has 4 heteroatoms. The summed E-state index contributed by atoms with van der Waals surface area (Å²) in [5.74, 6) is 1.08. The number of imidazole rings is 1. The van der Waals surface area contributed by atoms with Crippen molar-refractivity contribution in [3.8, 4) is 0 Å². The Labute approximate surface area is 155 Å². The molecular formula is C22H27N3O. The number of rotatable bonds is 7. The molecule has 0 saturated carbocycles. The highest BCUT2D eigenvalue weighted by Gasteiger charge is 2.17. The second-order valence-electron chi connectivity index (χ2n) is 6.87. The van der Waals surface area contributed by atoms with Crippen molar-refractivity contribution in [3.63, 3.8) is 0 Å². The summed E-state index contributed by atoms with van der Waals surface area (Å²) in [4.78, 5) is 20.0. The maximum absolute atomic E-state index is 13.0. The average Bonchev–Trinajstić information content (AvgIpc) is 3.05. The van der Waals surface area contributed by atoms with Crippen molar-refractivity contribution in [3.05, 3.63) is 65.0 Å². The SMILES string of the molecule is CCCN(CCC)c1cccc2nc(C(=O)c3ccc(C)cc3C)cn12. The molecule has 0 aliphatic rings. The van der Waals surface area contributed by atoms with E-state index in [2.05, 4.69) is 29.8 Å². The minimum absolute atomic E-state index is 0.0188. The van der Waals surface area contributed by atoms with Crippen molar-refractivity contribution in [2.24, 2.45) is 0 Å². The first-order valence-electron chi connectivity index (χ1n) is 9.40. The van der Waals surface area contributed by atoms with Crippen LogP contribution in [-0.2, 0) is 0 Å². The van der Waals surface area contributed by atoms with E-state index in [1.165, 1.54) is 0 Å². The summed E-state index contributed by atoms with van der Waals surface area (Å²) >= 11 is 0. The van der Waals surface area contributed by atoms with Gasteiger partial charge in [-0.2, -0.15) is 0 Å². The number of aromatic nitrogens is 2. The van der Waals surface area contributed by atoms with Gasteiger partial charge in [0.2, 0.25) is 5.78 Å². The minimum atomic E-state index is -0.0188. The summed E-state index contributed by atoms with van der Waals surface area (Å²) in [5.41, 5.74) is 4.18. The van der Waals surface area contributed by atoms with Crippen LogP contribution in [0, 0.1) is 13.8 Å². The number of hydrogen-bond donors (Lipinski definition) is 0. The summed E-state index contributed by atoms with van der Waals surface area (Å²) in [7, 11) is 0. The van der Waals surface area contributed by atoms with Gasteiger partial charge in [-0.25, -0.2) is 4.98 Å². The van der Waals surface area contributed by atoms with Crippen LogP contribution in [0.3, 0.4) is 0 Å². The van der Waals surface area contributed by atoms with Gasteiger partial charge < -0.3 is 4.90 Å². The van der Waals surface area contributed by atoms with Gasteiger partial charge in [-0.1, -0.05) is 43.7 Å². The summed E-state index contributed by atoms with van der Waals surface area (Å²) in [6, 6.07) is 12.0. The lowest BCUT2D eigenvalue weighted by Crippen LogP contribution is -2.26. The molecule has 0 amide bonds. The van der Waals surface area contributed by atoms with Crippen LogP contribution in [-0.4, -0.2) is 28.3 Å². The Bertz CT molecular complexity index is 920. The number of fused-ring (bicyclic) bond motifs is 1. The number of carbonyl (C=O) groups is 1. The molecule has 1 aromatic carbocycles. The quantitative estimate of drug-likeness (QED) is 0.575. The maximum Gasteiger partial charge on any atom is 0.213 e.